The van der Waals surface area contributed by atoms with Gasteiger partial charge in [-0.05, 0) is 42.5 Å². The van der Waals surface area contributed by atoms with E-state index in [2.05, 4.69) is 10.1 Å². The second-order valence-electron chi connectivity index (χ2n) is 7.90. The molecule has 0 radical (unpaired) electrons. The van der Waals surface area contributed by atoms with Crippen LogP contribution in [0.3, 0.4) is 0 Å². The van der Waals surface area contributed by atoms with Crippen molar-refractivity contribution in [1.82, 2.24) is 9.80 Å². The van der Waals surface area contributed by atoms with Crippen molar-refractivity contribution in [3.05, 3.63) is 48.0 Å². The molecule has 0 aliphatic carbocycles. The summed E-state index contributed by atoms with van der Waals surface area (Å²) in [5.41, 5.74) is 0.885. The minimum atomic E-state index is -4.77. The number of nitrogens with one attached hydrogen (secondary N) is 1. The molecule has 1 N–H and O–H groups in total. The van der Waals surface area contributed by atoms with Crippen LogP contribution in [-0.2, 0) is 4.79 Å². The second-order valence-corrected chi connectivity index (χ2v) is 7.90. The predicted octanol–water partition coefficient (Wildman–Crippen LogP) is 3.14. The maximum atomic E-state index is 12.9. The molecule has 4 rings (SSSR count). The molecule has 2 heterocycles. The zero-order chi connectivity index (χ0) is 24.1. The zero-order valence-corrected chi connectivity index (χ0v) is 18.3. The van der Waals surface area contributed by atoms with Crippen LogP contribution < -0.4 is 19.5 Å². The highest BCUT2D eigenvalue weighted by Crippen LogP contribution is 2.31. The summed E-state index contributed by atoms with van der Waals surface area (Å²) < 4.78 is 51.8. The van der Waals surface area contributed by atoms with Gasteiger partial charge in [-0.3, -0.25) is 14.5 Å². The van der Waals surface area contributed by atoms with Gasteiger partial charge in [0.05, 0.1) is 19.8 Å². The lowest BCUT2D eigenvalue weighted by molar-refractivity contribution is -0.274. The van der Waals surface area contributed by atoms with Crippen molar-refractivity contribution in [2.24, 2.45) is 0 Å². The molecule has 0 unspecified atom stereocenters. The van der Waals surface area contributed by atoms with Gasteiger partial charge in [0.25, 0.3) is 5.91 Å². The van der Waals surface area contributed by atoms with Crippen molar-refractivity contribution < 1.29 is 37.0 Å². The molecule has 0 saturated carbocycles. The van der Waals surface area contributed by atoms with Crippen molar-refractivity contribution in [3.63, 3.8) is 0 Å². The molecule has 0 aromatic heterocycles. The van der Waals surface area contributed by atoms with Crippen LogP contribution in [-0.4, -0.2) is 73.9 Å². The third-order valence-electron chi connectivity index (χ3n) is 5.39. The van der Waals surface area contributed by atoms with Crippen molar-refractivity contribution in [3.8, 4) is 17.2 Å². The average molecular weight is 479 g/mol. The lowest BCUT2D eigenvalue weighted by Gasteiger charge is -2.34. The van der Waals surface area contributed by atoms with Gasteiger partial charge in [0.15, 0.2) is 11.5 Å². The van der Waals surface area contributed by atoms with E-state index in [1.807, 2.05) is 4.90 Å². The number of ether oxygens (including phenoxy) is 3. The monoisotopic (exact) mass is 479 g/mol. The minimum absolute atomic E-state index is 0.104. The number of anilines is 1. The van der Waals surface area contributed by atoms with E-state index in [4.69, 9.17) is 9.47 Å². The van der Waals surface area contributed by atoms with Gasteiger partial charge in [-0.2, -0.15) is 0 Å². The summed E-state index contributed by atoms with van der Waals surface area (Å²) >= 11 is 0. The van der Waals surface area contributed by atoms with Gasteiger partial charge in [-0.1, -0.05) is 0 Å². The van der Waals surface area contributed by atoms with Gasteiger partial charge in [-0.25, -0.2) is 0 Å². The quantitative estimate of drug-likeness (QED) is 0.710. The number of rotatable bonds is 5. The van der Waals surface area contributed by atoms with Crippen LogP contribution in [0, 0.1) is 0 Å². The maximum Gasteiger partial charge on any atom is 0.573 e. The summed E-state index contributed by atoms with van der Waals surface area (Å²) in [5, 5.41) is 2.65. The fourth-order valence-electron chi connectivity index (χ4n) is 3.73. The number of carbonyl (C=O) groups excluding carboxylic acids is 2. The van der Waals surface area contributed by atoms with Crippen LogP contribution in [0.4, 0.5) is 18.9 Å². The molecule has 0 atom stereocenters. The first-order chi connectivity index (χ1) is 16.3. The molecule has 1 fully saturated rings. The largest absolute Gasteiger partial charge is 0.573 e. The van der Waals surface area contributed by atoms with Gasteiger partial charge in [0.2, 0.25) is 5.91 Å². The van der Waals surface area contributed by atoms with Gasteiger partial charge in [0, 0.05) is 43.9 Å². The van der Waals surface area contributed by atoms with Crippen LogP contribution in [0.5, 0.6) is 17.2 Å². The number of nitrogens with zero attached hydrogens (tertiary/aromatic N) is 2. The highest BCUT2D eigenvalue weighted by Gasteiger charge is 2.31. The molecule has 2 aliphatic heterocycles. The SMILES string of the molecule is O=C(CN1CCN(C(=O)c2ccc3c(c2)OCCCO3)CC1)Nc1ccc(OC(F)(F)F)cc1. The van der Waals surface area contributed by atoms with E-state index in [9.17, 15) is 22.8 Å². The van der Waals surface area contributed by atoms with E-state index in [1.54, 1.807) is 23.1 Å². The predicted molar refractivity (Wildman–Crippen MR) is 116 cm³/mol. The third-order valence-corrected chi connectivity index (χ3v) is 5.39. The average Bonchev–Trinajstić information content (AvgIpc) is 3.04. The number of carbonyl (C=O) groups is 2. The van der Waals surface area contributed by atoms with Crippen LogP contribution in [0.25, 0.3) is 0 Å². The Morgan fingerprint density at radius 1 is 0.941 bits per heavy atom. The van der Waals surface area contributed by atoms with E-state index in [1.165, 1.54) is 12.1 Å². The fourth-order valence-corrected chi connectivity index (χ4v) is 3.73. The second kappa shape index (κ2) is 10.2. The van der Waals surface area contributed by atoms with Crippen molar-refractivity contribution >= 4 is 17.5 Å². The van der Waals surface area contributed by atoms with Crippen LogP contribution in [0.1, 0.15) is 16.8 Å². The van der Waals surface area contributed by atoms with E-state index in [0.717, 1.165) is 18.6 Å². The molecular weight excluding hydrogens is 455 g/mol. The molecular formula is C23H24F3N3O5. The normalized spacial score (nSPS) is 16.5. The highest BCUT2D eigenvalue weighted by molar-refractivity contribution is 5.95. The summed E-state index contributed by atoms with van der Waals surface area (Å²) in [4.78, 5) is 28.9. The first kappa shape index (κ1) is 23.7. The standard InChI is InChI=1S/C23H24F3N3O5/c24-23(25,26)34-18-5-3-17(4-6-18)27-21(30)15-28-8-10-29(11-9-28)22(31)16-2-7-19-20(14-16)33-13-1-12-32-19/h2-7,14H,1,8-13,15H2,(H,27,30). The van der Waals surface area contributed by atoms with E-state index in [-0.39, 0.29) is 24.1 Å². The van der Waals surface area contributed by atoms with Gasteiger partial charge >= 0.3 is 6.36 Å². The fraction of sp³-hybridized carbons (Fsp3) is 0.391. The zero-order valence-electron chi connectivity index (χ0n) is 18.3. The molecule has 11 heteroatoms. The van der Waals surface area contributed by atoms with E-state index >= 15 is 0 Å². The maximum absolute atomic E-state index is 12.9. The number of hydrogen-bond donors (Lipinski definition) is 1. The Hall–Kier alpha value is -3.47. The Morgan fingerprint density at radius 2 is 1.62 bits per heavy atom. The summed E-state index contributed by atoms with van der Waals surface area (Å²) in [6.45, 7) is 3.18. The highest BCUT2D eigenvalue weighted by atomic mass is 19.4. The number of halogens is 3. The summed E-state index contributed by atoms with van der Waals surface area (Å²) in [6, 6.07) is 10.1. The Morgan fingerprint density at radius 3 is 2.29 bits per heavy atom. The Labute approximate surface area is 194 Å². The molecule has 2 aromatic carbocycles. The lowest BCUT2D eigenvalue weighted by Crippen LogP contribution is -2.50. The molecule has 0 spiro atoms. The first-order valence-electron chi connectivity index (χ1n) is 10.8. The minimum Gasteiger partial charge on any atom is -0.490 e. The van der Waals surface area contributed by atoms with Crippen LogP contribution in [0.2, 0.25) is 0 Å². The summed E-state index contributed by atoms with van der Waals surface area (Å²) in [5.74, 6) is 0.428. The Balaban J connectivity index is 1.25. The topological polar surface area (TPSA) is 80.3 Å². The first-order valence-corrected chi connectivity index (χ1v) is 10.8. The Bertz CT molecular complexity index is 1020. The Kier molecular flexibility index (Phi) is 7.11. The number of amides is 2. The van der Waals surface area contributed by atoms with Crippen LogP contribution >= 0.6 is 0 Å². The summed E-state index contributed by atoms with van der Waals surface area (Å²) in [7, 11) is 0. The molecule has 182 valence electrons. The summed E-state index contributed by atoms with van der Waals surface area (Å²) in [6.07, 6.45) is -3.99. The molecule has 34 heavy (non-hydrogen) atoms. The van der Waals surface area contributed by atoms with Crippen molar-refractivity contribution in [2.45, 2.75) is 12.8 Å². The molecule has 1 saturated heterocycles. The molecule has 2 amide bonds. The van der Waals surface area contributed by atoms with Crippen molar-refractivity contribution in [2.75, 3.05) is 51.3 Å². The van der Waals surface area contributed by atoms with E-state index < -0.39 is 6.36 Å². The van der Waals surface area contributed by atoms with Gasteiger partial charge in [0.1, 0.15) is 5.75 Å². The number of benzene rings is 2. The van der Waals surface area contributed by atoms with Gasteiger partial charge < -0.3 is 24.4 Å². The van der Waals surface area contributed by atoms with Gasteiger partial charge in [-0.15, -0.1) is 13.2 Å². The molecule has 2 aromatic rings. The lowest BCUT2D eigenvalue weighted by atomic mass is 10.1. The number of alkyl halides is 3. The van der Waals surface area contributed by atoms with Crippen LogP contribution in [0.15, 0.2) is 42.5 Å². The molecule has 8 nitrogen and oxygen atoms in total. The number of piperazine rings is 1. The third kappa shape index (κ3) is 6.31. The molecule has 2 aliphatic rings. The molecule has 0 bridgehead atoms. The number of fused-ring (bicyclic) bond motifs is 1. The number of hydrogen-bond acceptors (Lipinski definition) is 6. The van der Waals surface area contributed by atoms with E-state index in [0.29, 0.717) is 62.1 Å². The smallest absolute Gasteiger partial charge is 0.490 e. The van der Waals surface area contributed by atoms with Crippen molar-refractivity contribution in [1.29, 1.82) is 0 Å².